The lowest BCUT2D eigenvalue weighted by atomic mass is 10.1. The Hall–Kier alpha value is -2.48. The zero-order chi connectivity index (χ0) is 20.8. The summed E-state index contributed by atoms with van der Waals surface area (Å²) in [7, 11) is 4.73. The molecule has 0 spiro atoms. The van der Waals surface area contributed by atoms with E-state index in [1.165, 1.54) is 7.11 Å². The average molecular weight is 394 g/mol. The number of ether oxygens (including phenoxy) is 4. The van der Waals surface area contributed by atoms with Crippen LogP contribution in [0.1, 0.15) is 11.1 Å². The zero-order valence-corrected chi connectivity index (χ0v) is 16.7. The van der Waals surface area contributed by atoms with Gasteiger partial charge in [0.2, 0.25) is 0 Å². The summed E-state index contributed by atoms with van der Waals surface area (Å²) < 4.78 is 20.5. The number of benzene rings is 2. The van der Waals surface area contributed by atoms with E-state index in [0.29, 0.717) is 43.3 Å². The highest BCUT2D eigenvalue weighted by molar-refractivity contribution is 5.43. The van der Waals surface area contributed by atoms with Crippen LogP contribution in [0.2, 0.25) is 0 Å². The van der Waals surface area contributed by atoms with Gasteiger partial charge in [-0.25, -0.2) is 0 Å². The number of phenols is 1. The highest BCUT2D eigenvalue weighted by Crippen LogP contribution is 2.28. The molecule has 0 amide bonds. The molecule has 28 heavy (non-hydrogen) atoms. The summed E-state index contributed by atoms with van der Waals surface area (Å²) in [4.78, 5) is 0. The first-order chi connectivity index (χ1) is 13.6. The largest absolute Gasteiger partial charge is 0.504 e. The van der Waals surface area contributed by atoms with Crippen LogP contribution in [-0.4, -0.2) is 63.1 Å². The molecule has 3 N–H and O–H groups in total. The second-order valence-corrected chi connectivity index (χ2v) is 5.78. The Labute approximate surface area is 166 Å². The first kappa shape index (κ1) is 23.6. The van der Waals surface area contributed by atoms with Gasteiger partial charge < -0.3 is 34.3 Å². The highest BCUT2D eigenvalue weighted by atomic mass is 16.5. The van der Waals surface area contributed by atoms with Gasteiger partial charge in [-0.1, -0.05) is 12.1 Å². The van der Waals surface area contributed by atoms with E-state index in [4.69, 9.17) is 29.2 Å². The van der Waals surface area contributed by atoms with Crippen LogP contribution in [0.5, 0.6) is 23.0 Å². The van der Waals surface area contributed by atoms with E-state index in [0.717, 1.165) is 11.1 Å². The molecule has 156 valence electrons. The van der Waals surface area contributed by atoms with Crippen LogP contribution in [0.25, 0.3) is 0 Å². The van der Waals surface area contributed by atoms with Gasteiger partial charge >= 0.3 is 0 Å². The van der Waals surface area contributed by atoms with Crippen molar-refractivity contribution in [3.63, 3.8) is 0 Å². The first-order valence-electron chi connectivity index (χ1n) is 8.95. The van der Waals surface area contributed by atoms with Crippen molar-refractivity contribution in [3.05, 3.63) is 47.5 Å². The van der Waals surface area contributed by atoms with E-state index in [9.17, 15) is 5.11 Å². The molecule has 0 bridgehead atoms. The maximum atomic E-state index is 9.22. The van der Waals surface area contributed by atoms with Crippen LogP contribution in [0, 0.1) is 0 Å². The van der Waals surface area contributed by atoms with Crippen molar-refractivity contribution in [2.45, 2.75) is 12.8 Å². The molecule has 0 aromatic heterocycles. The molecule has 0 aliphatic rings. The first-order valence-corrected chi connectivity index (χ1v) is 8.95. The lowest BCUT2D eigenvalue weighted by molar-refractivity contribution is 0.144. The molecular formula is C21H30O7. The quantitative estimate of drug-likeness (QED) is 0.532. The summed E-state index contributed by atoms with van der Waals surface area (Å²) in [6, 6.07) is 10.7. The van der Waals surface area contributed by atoms with Crippen LogP contribution in [0.3, 0.4) is 0 Å². The van der Waals surface area contributed by atoms with Crippen molar-refractivity contribution in [3.8, 4) is 23.0 Å². The van der Waals surface area contributed by atoms with E-state index in [-0.39, 0.29) is 19.0 Å². The van der Waals surface area contributed by atoms with Crippen molar-refractivity contribution in [2.24, 2.45) is 0 Å². The van der Waals surface area contributed by atoms with Crippen molar-refractivity contribution >= 4 is 0 Å². The molecule has 2 aromatic carbocycles. The van der Waals surface area contributed by atoms with Gasteiger partial charge in [0.05, 0.1) is 20.8 Å². The van der Waals surface area contributed by atoms with Crippen molar-refractivity contribution in [1.82, 2.24) is 0 Å². The molecule has 0 aliphatic carbocycles. The summed E-state index contributed by atoms with van der Waals surface area (Å²) in [5, 5.41) is 26.7. The fraction of sp³-hybridized carbons (Fsp3) is 0.429. The zero-order valence-electron chi connectivity index (χ0n) is 16.7. The molecule has 0 unspecified atom stereocenters. The van der Waals surface area contributed by atoms with E-state index >= 15 is 0 Å². The number of aliphatic hydroxyl groups excluding tert-OH is 2. The minimum Gasteiger partial charge on any atom is -0.504 e. The van der Waals surface area contributed by atoms with Crippen molar-refractivity contribution in [2.75, 3.05) is 47.8 Å². The van der Waals surface area contributed by atoms with Gasteiger partial charge in [0, 0.05) is 20.3 Å². The fourth-order valence-electron chi connectivity index (χ4n) is 2.36. The minimum absolute atomic E-state index is 0.105. The molecule has 2 aromatic rings. The van der Waals surface area contributed by atoms with Crippen LogP contribution in [0.4, 0.5) is 0 Å². The lowest BCUT2D eigenvalue weighted by Crippen LogP contribution is -2.05. The van der Waals surface area contributed by atoms with Gasteiger partial charge in [-0.05, 0) is 48.2 Å². The molecule has 0 radical (unpaired) electrons. The number of aliphatic hydroxyl groups is 2. The van der Waals surface area contributed by atoms with Crippen molar-refractivity contribution in [1.29, 1.82) is 0 Å². The summed E-state index contributed by atoms with van der Waals surface area (Å²) in [6.07, 6.45) is 1.20. The molecule has 0 atom stereocenters. The lowest BCUT2D eigenvalue weighted by Gasteiger charge is -2.11. The van der Waals surface area contributed by atoms with Gasteiger partial charge in [0.25, 0.3) is 0 Å². The third kappa shape index (κ3) is 8.04. The number of hydrogen-bond acceptors (Lipinski definition) is 7. The Kier molecular flexibility index (Phi) is 11.5. The third-order valence-electron chi connectivity index (χ3n) is 3.82. The van der Waals surface area contributed by atoms with Crippen LogP contribution in [-0.2, 0) is 17.6 Å². The van der Waals surface area contributed by atoms with Crippen LogP contribution in [0.15, 0.2) is 36.4 Å². The number of aromatic hydroxyl groups is 1. The van der Waals surface area contributed by atoms with Gasteiger partial charge in [-0.3, -0.25) is 0 Å². The summed E-state index contributed by atoms with van der Waals surface area (Å²) in [6.45, 7) is 1.27. The van der Waals surface area contributed by atoms with E-state index in [2.05, 4.69) is 0 Å². The Morgan fingerprint density at radius 3 is 1.82 bits per heavy atom. The predicted molar refractivity (Wildman–Crippen MR) is 107 cm³/mol. The van der Waals surface area contributed by atoms with Gasteiger partial charge in [0.1, 0.15) is 6.61 Å². The average Bonchev–Trinajstić information content (AvgIpc) is 2.71. The number of rotatable bonds is 10. The maximum absolute atomic E-state index is 9.22. The molecule has 7 heteroatoms. The third-order valence-corrected chi connectivity index (χ3v) is 3.82. The summed E-state index contributed by atoms with van der Waals surface area (Å²) >= 11 is 0. The normalized spacial score (nSPS) is 10.0. The second-order valence-electron chi connectivity index (χ2n) is 5.78. The number of phenolic OH excluding ortho intramolecular Hbond substituents is 1. The topological polar surface area (TPSA) is 97.6 Å². The summed E-state index contributed by atoms with van der Waals surface area (Å²) in [5.41, 5.74) is 1.98. The van der Waals surface area contributed by atoms with Crippen molar-refractivity contribution < 1.29 is 34.3 Å². The Morgan fingerprint density at radius 2 is 1.29 bits per heavy atom. The molecular weight excluding hydrogens is 364 g/mol. The predicted octanol–water partition coefficient (Wildman–Crippen LogP) is 2.19. The highest BCUT2D eigenvalue weighted by Gasteiger charge is 2.05. The van der Waals surface area contributed by atoms with Gasteiger partial charge in [-0.2, -0.15) is 0 Å². The molecule has 7 nitrogen and oxygen atoms in total. The van der Waals surface area contributed by atoms with Gasteiger partial charge in [-0.15, -0.1) is 0 Å². The Bertz CT molecular complexity index is 688. The monoisotopic (exact) mass is 394 g/mol. The molecule has 0 saturated carbocycles. The number of hydrogen-bond donors (Lipinski definition) is 3. The second kappa shape index (κ2) is 13.7. The van der Waals surface area contributed by atoms with E-state index in [1.807, 2.05) is 18.2 Å². The van der Waals surface area contributed by atoms with Crippen LogP contribution >= 0.6 is 0 Å². The fourth-order valence-corrected chi connectivity index (χ4v) is 2.36. The van der Waals surface area contributed by atoms with E-state index < -0.39 is 0 Å². The van der Waals surface area contributed by atoms with E-state index in [1.54, 1.807) is 32.4 Å². The molecule has 0 fully saturated rings. The standard InChI is InChI=1S/C12H18O4.C9H12O3/c1-14-7-8-16-11-4-3-10(5-6-13)9-12(11)15-2;1-12-9-6-7(4-5-10)2-3-8(9)11/h3-4,9,13H,5-8H2,1-2H3;2-3,6,10-11H,4-5H2,1H3. The number of methoxy groups -OCH3 is 3. The van der Waals surface area contributed by atoms with Crippen LogP contribution < -0.4 is 14.2 Å². The Balaban J connectivity index is 0.000000292. The summed E-state index contributed by atoms with van der Waals surface area (Å²) in [5.74, 6) is 1.95. The minimum atomic E-state index is 0.105. The SMILES string of the molecule is COCCOc1ccc(CCO)cc1OC.COc1cc(CCO)ccc1O. The molecule has 2 rings (SSSR count). The molecule has 0 saturated heterocycles. The van der Waals surface area contributed by atoms with Gasteiger partial charge in [0.15, 0.2) is 23.0 Å². The smallest absolute Gasteiger partial charge is 0.161 e. The molecule has 0 heterocycles. The maximum Gasteiger partial charge on any atom is 0.161 e. The molecule has 0 aliphatic heterocycles. The Morgan fingerprint density at radius 1 is 0.714 bits per heavy atom.